The van der Waals surface area contributed by atoms with E-state index in [0.717, 1.165) is 30.4 Å². The van der Waals surface area contributed by atoms with Gasteiger partial charge in [-0.25, -0.2) is 4.98 Å². The number of hydrogen-bond acceptors (Lipinski definition) is 3. The number of nitrogens with one attached hydrogen (secondary N) is 1. The summed E-state index contributed by atoms with van der Waals surface area (Å²) < 4.78 is 5.42. The molecule has 13 heavy (non-hydrogen) atoms. The van der Waals surface area contributed by atoms with Gasteiger partial charge in [0.1, 0.15) is 5.76 Å². The number of aromatic nitrogens is 1. The molecule has 0 saturated carbocycles. The Morgan fingerprint density at radius 1 is 1.38 bits per heavy atom. The summed E-state index contributed by atoms with van der Waals surface area (Å²) in [7, 11) is 0. The maximum Gasteiger partial charge on any atom is 0.191 e. The van der Waals surface area contributed by atoms with Gasteiger partial charge in [-0.15, -0.1) is 0 Å². The zero-order valence-corrected chi connectivity index (χ0v) is 8.85. The molecule has 0 spiro atoms. The molecule has 0 amide bonds. The van der Waals surface area contributed by atoms with Gasteiger partial charge in [0.15, 0.2) is 5.89 Å². The Morgan fingerprint density at radius 3 is 2.54 bits per heavy atom. The Labute approximate surface area is 79.5 Å². The Morgan fingerprint density at radius 2 is 2.08 bits per heavy atom. The van der Waals surface area contributed by atoms with E-state index < -0.39 is 0 Å². The van der Waals surface area contributed by atoms with Crippen molar-refractivity contribution in [3.8, 4) is 0 Å². The third-order valence-corrected chi connectivity index (χ3v) is 1.84. The van der Waals surface area contributed by atoms with E-state index in [4.69, 9.17) is 4.42 Å². The summed E-state index contributed by atoms with van der Waals surface area (Å²) in [6, 6.07) is 0. The van der Waals surface area contributed by atoms with E-state index in [1.54, 1.807) is 0 Å². The summed E-state index contributed by atoms with van der Waals surface area (Å²) in [5.74, 6) is 2.38. The van der Waals surface area contributed by atoms with Crippen LogP contribution in [-0.4, -0.2) is 11.5 Å². The molecule has 0 aliphatic rings. The molecule has 1 aromatic rings. The van der Waals surface area contributed by atoms with Crippen molar-refractivity contribution < 1.29 is 4.42 Å². The summed E-state index contributed by atoms with van der Waals surface area (Å²) in [6.45, 7) is 10.0. The van der Waals surface area contributed by atoms with Gasteiger partial charge in [0.05, 0.1) is 12.2 Å². The highest BCUT2D eigenvalue weighted by Gasteiger charge is 2.05. The van der Waals surface area contributed by atoms with Gasteiger partial charge in [0.2, 0.25) is 0 Å². The van der Waals surface area contributed by atoms with Crippen LogP contribution in [0.15, 0.2) is 4.42 Å². The zero-order valence-electron chi connectivity index (χ0n) is 8.85. The van der Waals surface area contributed by atoms with Crippen LogP contribution in [-0.2, 0) is 6.54 Å². The largest absolute Gasteiger partial charge is 0.444 e. The fraction of sp³-hybridized carbons (Fsp3) is 0.700. The van der Waals surface area contributed by atoms with Gasteiger partial charge < -0.3 is 9.73 Å². The van der Waals surface area contributed by atoms with E-state index >= 15 is 0 Å². The number of rotatable bonds is 4. The summed E-state index contributed by atoms with van der Waals surface area (Å²) in [6.07, 6.45) is 0. The molecular formula is C10H18N2O. The highest BCUT2D eigenvalue weighted by atomic mass is 16.4. The fourth-order valence-electron chi connectivity index (χ4n) is 1.21. The summed E-state index contributed by atoms with van der Waals surface area (Å²) in [4.78, 5) is 4.20. The van der Waals surface area contributed by atoms with Gasteiger partial charge in [-0.3, -0.25) is 0 Å². The predicted octanol–water partition coefficient (Wildman–Crippen LogP) is 2.04. The highest BCUT2D eigenvalue weighted by Crippen LogP contribution is 2.08. The molecule has 3 nitrogen and oxygen atoms in total. The van der Waals surface area contributed by atoms with Crippen molar-refractivity contribution in [2.24, 2.45) is 5.92 Å². The molecule has 0 aliphatic heterocycles. The van der Waals surface area contributed by atoms with E-state index in [9.17, 15) is 0 Å². The van der Waals surface area contributed by atoms with Crippen LogP contribution in [0.5, 0.6) is 0 Å². The number of hydrogen-bond donors (Lipinski definition) is 1. The van der Waals surface area contributed by atoms with E-state index in [1.165, 1.54) is 0 Å². The van der Waals surface area contributed by atoms with Gasteiger partial charge in [-0.05, 0) is 19.4 Å². The van der Waals surface area contributed by atoms with Gasteiger partial charge in [0.25, 0.3) is 0 Å². The molecule has 0 aromatic carbocycles. The van der Waals surface area contributed by atoms with E-state index in [2.05, 4.69) is 24.1 Å². The average Bonchev–Trinajstić information content (AvgIpc) is 2.29. The third kappa shape index (κ3) is 3.19. The second-order valence-corrected chi connectivity index (χ2v) is 3.77. The molecule has 0 aliphatic carbocycles. The molecular weight excluding hydrogens is 164 g/mol. The zero-order chi connectivity index (χ0) is 9.84. The second-order valence-electron chi connectivity index (χ2n) is 3.77. The first kappa shape index (κ1) is 10.3. The summed E-state index contributed by atoms with van der Waals surface area (Å²) in [5.41, 5.74) is 0.994. The minimum Gasteiger partial charge on any atom is -0.444 e. The molecule has 1 N–H and O–H groups in total. The number of oxazole rings is 1. The lowest BCUT2D eigenvalue weighted by molar-refractivity contribution is 0.442. The standard InChI is InChI=1S/C10H18N2O/c1-7(2)5-11-6-10-8(3)12-9(4)13-10/h7,11H,5-6H2,1-4H3. The van der Waals surface area contributed by atoms with Gasteiger partial charge in [-0.2, -0.15) is 0 Å². The molecule has 0 atom stereocenters. The molecule has 0 fully saturated rings. The smallest absolute Gasteiger partial charge is 0.191 e. The summed E-state index contributed by atoms with van der Waals surface area (Å²) in [5, 5.41) is 3.32. The number of aryl methyl sites for hydroxylation is 2. The van der Waals surface area contributed by atoms with E-state index in [-0.39, 0.29) is 0 Å². The number of nitrogens with zero attached hydrogens (tertiary/aromatic N) is 1. The first-order valence-electron chi connectivity index (χ1n) is 4.73. The minimum atomic E-state index is 0.671. The Balaban J connectivity index is 2.40. The monoisotopic (exact) mass is 182 g/mol. The second kappa shape index (κ2) is 4.42. The van der Waals surface area contributed by atoms with Crippen molar-refractivity contribution in [3.63, 3.8) is 0 Å². The molecule has 3 heteroatoms. The lowest BCUT2D eigenvalue weighted by Crippen LogP contribution is -2.19. The van der Waals surface area contributed by atoms with Crippen LogP contribution in [0.25, 0.3) is 0 Å². The van der Waals surface area contributed by atoms with Crippen molar-refractivity contribution in [1.29, 1.82) is 0 Å². The fourth-order valence-corrected chi connectivity index (χ4v) is 1.21. The minimum absolute atomic E-state index is 0.671. The van der Waals surface area contributed by atoms with Crippen molar-refractivity contribution in [2.75, 3.05) is 6.54 Å². The normalized spacial score (nSPS) is 11.2. The van der Waals surface area contributed by atoms with Crippen LogP contribution in [0.4, 0.5) is 0 Å². The third-order valence-electron chi connectivity index (χ3n) is 1.84. The summed E-state index contributed by atoms with van der Waals surface area (Å²) >= 11 is 0. The van der Waals surface area contributed by atoms with E-state index in [0.29, 0.717) is 5.92 Å². The molecule has 0 saturated heterocycles. The van der Waals surface area contributed by atoms with Crippen molar-refractivity contribution >= 4 is 0 Å². The highest BCUT2D eigenvalue weighted by molar-refractivity contribution is 5.06. The quantitative estimate of drug-likeness (QED) is 0.774. The maximum absolute atomic E-state index is 5.42. The first-order valence-corrected chi connectivity index (χ1v) is 4.73. The maximum atomic E-state index is 5.42. The Kier molecular flexibility index (Phi) is 3.48. The molecule has 1 rings (SSSR count). The Hall–Kier alpha value is -0.830. The van der Waals surface area contributed by atoms with Crippen LogP contribution >= 0.6 is 0 Å². The topological polar surface area (TPSA) is 38.1 Å². The van der Waals surface area contributed by atoms with E-state index in [1.807, 2.05) is 13.8 Å². The van der Waals surface area contributed by atoms with Crippen LogP contribution in [0, 0.1) is 19.8 Å². The molecule has 0 radical (unpaired) electrons. The van der Waals surface area contributed by atoms with Crippen LogP contribution in [0.2, 0.25) is 0 Å². The van der Waals surface area contributed by atoms with Gasteiger partial charge >= 0.3 is 0 Å². The molecule has 0 bridgehead atoms. The van der Waals surface area contributed by atoms with Crippen LogP contribution in [0.3, 0.4) is 0 Å². The first-order chi connectivity index (χ1) is 6.09. The lowest BCUT2D eigenvalue weighted by atomic mass is 10.2. The Bertz CT molecular complexity index is 266. The lowest BCUT2D eigenvalue weighted by Gasteiger charge is -2.05. The SMILES string of the molecule is Cc1nc(C)c(CNCC(C)C)o1. The van der Waals surface area contributed by atoms with Crippen molar-refractivity contribution in [2.45, 2.75) is 34.2 Å². The molecule has 1 heterocycles. The van der Waals surface area contributed by atoms with Gasteiger partial charge in [0, 0.05) is 6.92 Å². The molecule has 1 aromatic heterocycles. The molecule has 0 unspecified atom stereocenters. The average molecular weight is 182 g/mol. The van der Waals surface area contributed by atoms with Crippen molar-refractivity contribution in [3.05, 3.63) is 17.3 Å². The van der Waals surface area contributed by atoms with Crippen molar-refractivity contribution in [1.82, 2.24) is 10.3 Å². The molecule has 74 valence electrons. The van der Waals surface area contributed by atoms with Gasteiger partial charge in [-0.1, -0.05) is 13.8 Å². The predicted molar refractivity (Wildman–Crippen MR) is 52.5 cm³/mol. The van der Waals surface area contributed by atoms with Crippen LogP contribution in [0.1, 0.15) is 31.2 Å². The van der Waals surface area contributed by atoms with Crippen LogP contribution < -0.4 is 5.32 Å².